The van der Waals surface area contributed by atoms with Crippen LogP contribution in [0.15, 0.2) is 48.8 Å². The highest BCUT2D eigenvalue weighted by atomic mass is 16.5. The summed E-state index contributed by atoms with van der Waals surface area (Å²) in [4.78, 5) is 13.4. The first kappa shape index (κ1) is 21.4. The molecule has 1 unspecified atom stereocenters. The molecule has 7 nitrogen and oxygen atoms in total. The van der Waals surface area contributed by atoms with Crippen LogP contribution < -0.4 is 19.5 Å². The third-order valence-electron chi connectivity index (χ3n) is 6.08. The van der Waals surface area contributed by atoms with E-state index >= 15 is 0 Å². The maximum Gasteiger partial charge on any atom is 0.230 e. The number of rotatable bonds is 8. The molecule has 1 aliphatic rings. The van der Waals surface area contributed by atoms with Crippen molar-refractivity contribution in [3.8, 4) is 23.1 Å². The van der Waals surface area contributed by atoms with Gasteiger partial charge in [-0.15, -0.1) is 0 Å². The van der Waals surface area contributed by atoms with E-state index in [1.807, 2.05) is 43.3 Å². The smallest absolute Gasteiger partial charge is 0.230 e. The van der Waals surface area contributed by atoms with E-state index in [0.29, 0.717) is 29.7 Å². The zero-order chi connectivity index (χ0) is 22.6. The number of aryl methyl sites for hydroxylation is 1. The van der Waals surface area contributed by atoms with Crippen LogP contribution in [0.25, 0.3) is 21.8 Å². The van der Waals surface area contributed by atoms with E-state index < -0.39 is 0 Å². The van der Waals surface area contributed by atoms with Crippen molar-refractivity contribution in [2.24, 2.45) is 5.92 Å². The Morgan fingerprint density at radius 3 is 2.79 bits per heavy atom. The van der Waals surface area contributed by atoms with Gasteiger partial charge in [-0.25, -0.2) is 9.97 Å². The SMILES string of the molecule is COc1cc2c(Oc3ccc4ccc(C)nc4c3)ncnc2cc1OCCCC1CCNC1. The number of ether oxygens (including phenoxy) is 3. The lowest BCUT2D eigenvalue weighted by Crippen LogP contribution is -2.10. The Bertz CT molecular complexity index is 1270. The van der Waals surface area contributed by atoms with Crippen molar-refractivity contribution in [3.63, 3.8) is 0 Å². The quantitative estimate of drug-likeness (QED) is 0.381. The Morgan fingerprint density at radius 1 is 1.03 bits per heavy atom. The second kappa shape index (κ2) is 9.58. The summed E-state index contributed by atoms with van der Waals surface area (Å²) in [7, 11) is 1.64. The normalized spacial score (nSPS) is 15.8. The summed E-state index contributed by atoms with van der Waals surface area (Å²) < 4.78 is 17.8. The molecule has 1 aliphatic heterocycles. The van der Waals surface area contributed by atoms with E-state index in [0.717, 1.165) is 52.9 Å². The van der Waals surface area contributed by atoms with Crippen LogP contribution in [0.5, 0.6) is 23.1 Å². The van der Waals surface area contributed by atoms with Gasteiger partial charge in [-0.1, -0.05) is 6.07 Å². The highest BCUT2D eigenvalue weighted by molar-refractivity contribution is 5.87. The molecular formula is C26H28N4O3. The van der Waals surface area contributed by atoms with Crippen LogP contribution in [0.2, 0.25) is 0 Å². The first-order valence-electron chi connectivity index (χ1n) is 11.4. The van der Waals surface area contributed by atoms with E-state index in [2.05, 4.69) is 26.3 Å². The van der Waals surface area contributed by atoms with Crippen molar-refractivity contribution in [2.75, 3.05) is 26.8 Å². The molecule has 1 atom stereocenters. The lowest BCUT2D eigenvalue weighted by Gasteiger charge is -2.14. The summed E-state index contributed by atoms with van der Waals surface area (Å²) in [6, 6.07) is 13.7. The molecule has 170 valence electrons. The molecule has 0 saturated carbocycles. The minimum atomic E-state index is 0.464. The fraction of sp³-hybridized carbons (Fsp3) is 0.346. The molecule has 2 aromatic heterocycles. The Morgan fingerprint density at radius 2 is 1.94 bits per heavy atom. The minimum absolute atomic E-state index is 0.464. The van der Waals surface area contributed by atoms with Crippen molar-refractivity contribution in [2.45, 2.75) is 26.2 Å². The summed E-state index contributed by atoms with van der Waals surface area (Å²) >= 11 is 0. The molecular weight excluding hydrogens is 416 g/mol. The number of pyridine rings is 1. The second-order valence-corrected chi connectivity index (χ2v) is 8.46. The first-order chi connectivity index (χ1) is 16.2. The van der Waals surface area contributed by atoms with Gasteiger partial charge in [0, 0.05) is 23.2 Å². The van der Waals surface area contributed by atoms with Gasteiger partial charge >= 0.3 is 0 Å². The summed E-state index contributed by atoms with van der Waals surface area (Å²) in [5.41, 5.74) is 2.59. The van der Waals surface area contributed by atoms with Gasteiger partial charge in [0.25, 0.3) is 0 Å². The molecule has 0 amide bonds. The Kier molecular flexibility index (Phi) is 6.21. The Labute approximate surface area is 193 Å². The number of nitrogens with one attached hydrogen (secondary N) is 1. The molecule has 1 N–H and O–H groups in total. The second-order valence-electron chi connectivity index (χ2n) is 8.46. The molecule has 5 rings (SSSR count). The summed E-state index contributed by atoms with van der Waals surface area (Å²) in [5, 5.41) is 5.24. The number of aromatic nitrogens is 3. The van der Waals surface area contributed by atoms with E-state index in [1.165, 1.54) is 19.2 Å². The van der Waals surface area contributed by atoms with Gasteiger partial charge in [0.05, 0.1) is 30.1 Å². The molecule has 1 fully saturated rings. The average molecular weight is 445 g/mol. The van der Waals surface area contributed by atoms with Gasteiger partial charge in [-0.2, -0.15) is 0 Å². The van der Waals surface area contributed by atoms with Gasteiger partial charge < -0.3 is 19.5 Å². The molecule has 33 heavy (non-hydrogen) atoms. The fourth-order valence-electron chi connectivity index (χ4n) is 4.28. The van der Waals surface area contributed by atoms with E-state index in [9.17, 15) is 0 Å². The van der Waals surface area contributed by atoms with Crippen LogP contribution in [0.1, 0.15) is 25.0 Å². The van der Waals surface area contributed by atoms with Crippen LogP contribution in [0.4, 0.5) is 0 Å². The monoisotopic (exact) mass is 444 g/mol. The van der Waals surface area contributed by atoms with Gasteiger partial charge in [-0.3, -0.25) is 4.98 Å². The first-order valence-corrected chi connectivity index (χ1v) is 11.4. The average Bonchev–Trinajstić information content (AvgIpc) is 3.35. The minimum Gasteiger partial charge on any atom is -0.493 e. The lowest BCUT2D eigenvalue weighted by molar-refractivity contribution is 0.278. The Hall–Kier alpha value is -3.45. The maximum absolute atomic E-state index is 6.14. The van der Waals surface area contributed by atoms with E-state index in [1.54, 1.807) is 7.11 Å². The number of hydrogen-bond acceptors (Lipinski definition) is 7. The summed E-state index contributed by atoms with van der Waals surface area (Å²) in [6.07, 6.45) is 4.95. The number of hydrogen-bond donors (Lipinski definition) is 1. The number of methoxy groups -OCH3 is 1. The fourth-order valence-corrected chi connectivity index (χ4v) is 4.28. The zero-order valence-corrected chi connectivity index (χ0v) is 19.0. The van der Waals surface area contributed by atoms with Gasteiger partial charge in [0.2, 0.25) is 5.88 Å². The van der Waals surface area contributed by atoms with Crippen LogP contribution in [0.3, 0.4) is 0 Å². The third-order valence-corrected chi connectivity index (χ3v) is 6.08. The number of fused-ring (bicyclic) bond motifs is 2. The van der Waals surface area contributed by atoms with E-state index in [4.69, 9.17) is 14.2 Å². The summed E-state index contributed by atoms with van der Waals surface area (Å²) in [6.45, 7) is 4.87. The van der Waals surface area contributed by atoms with Gasteiger partial charge in [0.15, 0.2) is 11.5 Å². The lowest BCUT2D eigenvalue weighted by atomic mass is 10.0. The highest BCUT2D eigenvalue weighted by Crippen LogP contribution is 2.36. The molecule has 2 aromatic carbocycles. The zero-order valence-electron chi connectivity index (χ0n) is 19.0. The third kappa shape index (κ3) is 4.83. The molecule has 4 aromatic rings. The molecule has 1 saturated heterocycles. The van der Waals surface area contributed by atoms with Crippen LogP contribution in [-0.2, 0) is 0 Å². The Balaban J connectivity index is 1.36. The van der Waals surface area contributed by atoms with Gasteiger partial charge in [0.1, 0.15) is 12.1 Å². The van der Waals surface area contributed by atoms with Crippen molar-refractivity contribution >= 4 is 21.8 Å². The van der Waals surface area contributed by atoms with Crippen LogP contribution in [-0.4, -0.2) is 41.8 Å². The van der Waals surface area contributed by atoms with Crippen LogP contribution >= 0.6 is 0 Å². The van der Waals surface area contributed by atoms with Crippen molar-refractivity contribution in [3.05, 3.63) is 54.5 Å². The topological polar surface area (TPSA) is 78.4 Å². The van der Waals surface area contributed by atoms with Crippen LogP contribution in [0, 0.1) is 12.8 Å². The highest BCUT2D eigenvalue weighted by Gasteiger charge is 2.16. The molecule has 0 spiro atoms. The van der Waals surface area contributed by atoms with Crippen molar-refractivity contribution in [1.29, 1.82) is 0 Å². The molecule has 7 heteroatoms. The van der Waals surface area contributed by atoms with Gasteiger partial charge in [-0.05, 0) is 69.5 Å². The molecule has 0 radical (unpaired) electrons. The predicted octanol–water partition coefficient (Wildman–Crippen LogP) is 5.06. The molecule has 3 heterocycles. The molecule has 0 bridgehead atoms. The largest absolute Gasteiger partial charge is 0.493 e. The van der Waals surface area contributed by atoms with Crippen molar-refractivity contribution in [1.82, 2.24) is 20.3 Å². The maximum atomic E-state index is 6.14. The summed E-state index contributed by atoms with van der Waals surface area (Å²) in [5.74, 6) is 3.21. The standard InChI is InChI=1S/C26H28N4O3/c1-17-5-6-19-7-8-20(12-22(19)30-17)33-26-21-13-24(31-2)25(14-23(21)28-16-29-26)32-11-3-4-18-9-10-27-15-18/h5-8,12-14,16,18,27H,3-4,9-11,15H2,1-2H3. The van der Waals surface area contributed by atoms with E-state index in [-0.39, 0.29) is 0 Å². The number of benzene rings is 2. The molecule has 0 aliphatic carbocycles. The number of nitrogens with zero attached hydrogens (tertiary/aromatic N) is 3. The van der Waals surface area contributed by atoms with Crippen molar-refractivity contribution < 1.29 is 14.2 Å². The predicted molar refractivity (Wildman–Crippen MR) is 128 cm³/mol.